The van der Waals surface area contributed by atoms with Crippen molar-refractivity contribution < 1.29 is 24.0 Å². The monoisotopic (exact) mass is 469 g/mol. The van der Waals surface area contributed by atoms with Gasteiger partial charge in [0.15, 0.2) is 0 Å². The molecule has 0 aromatic heterocycles. The number of carbonyl (C=O) groups is 5. The van der Waals surface area contributed by atoms with E-state index in [1.54, 1.807) is 12.1 Å². The molecule has 0 aliphatic carbocycles. The smallest absolute Gasteiger partial charge is 0.262 e. The first-order valence-corrected chi connectivity index (χ1v) is 11.9. The fraction of sp³-hybridized carbons (Fsp3) is 0.542. The lowest BCUT2D eigenvalue weighted by atomic mass is 10.0. The normalized spacial score (nSPS) is 21.1. The summed E-state index contributed by atoms with van der Waals surface area (Å²) in [4.78, 5) is 65.1. The fourth-order valence-corrected chi connectivity index (χ4v) is 4.89. The molecule has 4 rings (SSSR count). The summed E-state index contributed by atoms with van der Waals surface area (Å²) < 4.78 is 0. The lowest BCUT2D eigenvalue weighted by Crippen LogP contribution is -2.54. The minimum Gasteiger partial charge on any atom is -0.343 e. The molecule has 3 heterocycles. The van der Waals surface area contributed by atoms with Gasteiger partial charge in [0.05, 0.1) is 11.1 Å². The molecule has 3 aliphatic rings. The third-order valence-electron chi connectivity index (χ3n) is 6.80. The summed E-state index contributed by atoms with van der Waals surface area (Å²) in [6.07, 6.45) is 3.25. The van der Waals surface area contributed by atoms with E-state index in [0.717, 1.165) is 30.7 Å². The lowest BCUT2D eigenvalue weighted by molar-refractivity contribution is -0.136. The quantitative estimate of drug-likeness (QED) is 0.366. The zero-order valence-corrected chi connectivity index (χ0v) is 19.4. The van der Waals surface area contributed by atoms with Gasteiger partial charge >= 0.3 is 0 Å². The number of benzene rings is 1. The molecule has 0 radical (unpaired) electrons. The molecular weight excluding hydrogens is 438 g/mol. The van der Waals surface area contributed by atoms with E-state index in [0.29, 0.717) is 37.2 Å². The fourth-order valence-electron chi connectivity index (χ4n) is 4.89. The van der Waals surface area contributed by atoms with E-state index >= 15 is 0 Å². The van der Waals surface area contributed by atoms with E-state index < -0.39 is 29.7 Å². The van der Waals surface area contributed by atoms with Crippen LogP contribution in [0.5, 0.6) is 0 Å². The summed E-state index contributed by atoms with van der Waals surface area (Å²) in [6.45, 7) is 2.63. The van der Waals surface area contributed by atoms with Crippen molar-refractivity contribution in [1.29, 1.82) is 0 Å². The molecule has 10 heteroatoms. The first-order chi connectivity index (χ1) is 16.4. The Morgan fingerprint density at radius 3 is 2.56 bits per heavy atom. The Hall–Kier alpha value is -3.11. The molecule has 1 aromatic rings. The molecule has 1 atom stereocenters. The molecule has 1 aromatic carbocycles. The second kappa shape index (κ2) is 10.4. The van der Waals surface area contributed by atoms with Gasteiger partial charge in [0.2, 0.25) is 17.7 Å². The molecule has 10 nitrogen and oxygen atoms in total. The van der Waals surface area contributed by atoms with Crippen LogP contribution in [0.1, 0.15) is 64.8 Å². The van der Waals surface area contributed by atoms with Crippen LogP contribution in [-0.2, 0) is 20.9 Å². The number of carbonyl (C=O) groups excluding carboxylic acids is 5. The van der Waals surface area contributed by atoms with Gasteiger partial charge in [0, 0.05) is 38.5 Å². The van der Waals surface area contributed by atoms with Crippen LogP contribution in [0.2, 0.25) is 0 Å². The second-order valence-electron chi connectivity index (χ2n) is 9.03. The van der Waals surface area contributed by atoms with Gasteiger partial charge in [0.25, 0.3) is 11.8 Å². The van der Waals surface area contributed by atoms with Gasteiger partial charge in [-0.25, -0.2) is 0 Å². The number of piperidine rings is 2. The number of imide groups is 2. The summed E-state index contributed by atoms with van der Waals surface area (Å²) in [5.41, 5.74) is 1.31. The van der Waals surface area contributed by atoms with Crippen molar-refractivity contribution in [3.8, 4) is 0 Å². The standard InChI is InChI=1S/C24H31N5O5/c1-25-11-3-6-20(31)28-12-9-16(10-13-28)26-14-15-4-2-5-17-21(15)24(34)29(23(17)33)18-7-8-19(30)27-22(18)32/h2,4-5,16,18,25-26H,3,6-14H2,1H3,(H,27,30,32). The average Bonchev–Trinajstić information content (AvgIpc) is 3.09. The molecule has 1 unspecified atom stereocenters. The Morgan fingerprint density at radius 1 is 1.09 bits per heavy atom. The summed E-state index contributed by atoms with van der Waals surface area (Å²) in [6, 6.07) is 4.38. The van der Waals surface area contributed by atoms with E-state index in [2.05, 4.69) is 16.0 Å². The van der Waals surface area contributed by atoms with Crippen LogP contribution >= 0.6 is 0 Å². The maximum atomic E-state index is 13.2. The number of hydrogen-bond donors (Lipinski definition) is 3. The highest BCUT2D eigenvalue weighted by molar-refractivity contribution is 6.24. The van der Waals surface area contributed by atoms with Crippen LogP contribution in [0, 0.1) is 0 Å². The van der Waals surface area contributed by atoms with Crippen LogP contribution < -0.4 is 16.0 Å². The van der Waals surface area contributed by atoms with E-state index in [4.69, 9.17) is 0 Å². The van der Waals surface area contributed by atoms with Gasteiger partial charge in [-0.1, -0.05) is 12.1 Å². The molecule has 2 fully saturated rings. The summed E-state index contributed by atoms with van der Waals surface area (Å²) in [5, 5.41) is 8.74. The minimum absolute atomic E-state index is 0.0922. The SMILES string of the molecule is CNCCCC(=O)N1CCC(NCc2cccc3c2C(=O)N(C2CCC(=O)NC2=O)C3=O)CC1. The Balaban J connectivity index is 1.36. The van der Waals surface area contributed by atoms with Crippen molar-refractivity contribution in [3.05, 3.63) is 34.9 Å². The molecule has 2 saturated heterocycles. The minimum atomic E-state index is -0.971. The van der Waals surface area contributed by atoms with Gasteiger partial charge in [-0.2, -0.15) is 0 Å². The van der Waals surface area contributed by atoms with Gasteiger partial charge in [-0.05, 0) is 50.9 Å². The van der Waals surface area contributed by atoms with Crippen LogP contribution in [0.3, 0.4) is 0 Å². The zero-order valence-electron chi connectivity index (χ0n) is 19.4. The molecule has 34 heavy (non-hydrogen) atoms. The lowest BCUT2D eigenvalue weighted by Gasteiger charge is -2.32. The third-order valence-corrected chi connectivity index (χ3v) is 6.80. The summed E-state index contributed by atoms with van der Waals surface area (Å²) in [7, 11) is 1.87. The molecule has 182 valence electrons. The highest BCUT2D eigenvalue weighted by atomic mass is 16.2. The maximum absolute atomic E-state index is 13.2. The molecule has 0 saturated carbocycles. The van der Waals surface area contributed by atoms with Crippen molar-refractivity contribution >= 4 is 29.5 Å². The number of fused-ring (bicyclic) bond motifs is 1. The summed E-state index contributed by atoms with van der Waals surface area (Å²) in [5.74, 6) is -1.81. The van der Waals surface area contributed by atoms with Crippen molar-refractivity contribution in [2.75, 3.05) is 26.7 Å². The van der Waals surface area contributed by atoms with Crippen molar-refractivity contribution in [2.45, 2.75) is 57.2 Å². The van der Waals surface area contributed by atoms with Crippen molar-refractivity contribution in [2.24, 2.45) is 0 Å². The second-order valence-corrected chi connectivity index (χ2v) is 9.03. The highest BCUT2D eigenvalue weighted by Gasteiger charge is 2.45. The Labute approximate surface area is 198 Å². The molecule has 0 bridgehead atoms. The number of hydrogen-bond acceptors (Lipinski definition) is 7. The van der Waals surface area contributed by atoms with E-state index in [9.17, 15) is 24.0 Å². The average molecular weight is 470 g/mol. The van der Waals surface area contributed by atoms with Gasteiger partial charge in [-0.15, -0.1) is 0 Å². The Morgan fingerprint density at radius 2 is 1.85 bits per heavy atom. The predicted molar refractivity (Wildman–Crippen MR) is 123 cm³/mol. The molecule has 5 amide bonds. The van der Waals surface area contributed by atoms with Gasteiger partial charge in [0.1, 0.15) is 6.04 Å². The summed E-state index contributed by atoms with van der Waals surface area (Å²) >= 11 is 0. The Bertz CT molecular complexity index is 1000. The molecular formula is C24H31N5O5. The van der Waals surface area contributed by atoms with Crippen molar-refractivity contribution in [3.63, 3.8) is 0 Å². The first kappa shape index (κ1) is 24.0. The largest absolute Gasteiger partial charge is 0.343 e. The van der Waals surface area contributed by atoms with Crippen LogP contribution in [0.15, 0.2) is 18.2 Å². The molecule has 3 aliphatic heterocycles. The van der Waals surface area contributed by atoms with Crippen molar-refractivity contribution in [1.82, 2.24) is 25.8 Å². The van der Waals surface area contributed by atoms with Crippen LogP contribution in [-0.4, -0.2) is 78.1 Å². The molecule has 3 N–H and O–H groups in total. The predicted octanol–water partition coefficient (Wildman–Crippen LogP) is 0.168. The van der Waals surface area contributed by atoms with E-state index in [1.807, 2.05) is 18.0 Å². The third kappa shape index (κ3) is 4.88. The van der Waals surface area contributed by atoms with E-state index in [1.165, 1.54) is 0 Å². The number of amides is 5. The van der Waals surface area contributed by atoms with E-state index in [-0.39, 0.29) is 30.4 Å². The Kier molecular flexibility index (Phi) is 7.38. The van der Waals surface area contributed by atoms with Crippen LogP contribution in [0.4, 0.5) is 0 Å². The van der Waals surface area contributed by atoms with Gasteiger partial charge < -0.3 is 15.5 Å². The van der Waals surface area contributed by atoms with Gasteiger partial charge in [-0.3, -0.25) is 34.2 Å². The van der Waals surface area contributed by atoms with Crippen LogP contribution in [0.25, 0.3) is 0 Å². The maximum Gasteiger partial charge on any atom is 0.262 e. The zero-order chi connectivity index (χ0) is 24.2. The number of nitrogens with one attached hydrogen (secondary N) is 3. The number of nitrogens with zero attached hydrogens (tertiary/aromatic N) is 2. The highest BCUT2D eigenvalue weighted by Crippen LogP contribution is 2.30. The number of rotatable bonds is 8. The number of likely N-dealkylation sites (tertiary alicyclic amines) is 1. The molecule has 0 spiro atoms. The first-order valence-electron chi connectivity index (χ1n) is 11.9. The topological polar surface area (TPSA) is 128 Å².